The minimum absolute atomic E-state index is 0.159. The zero-order chi connectivity index (χ0) is 18.9. The summed E-state index contributed by atoms with van der Waals surface area (Å²) in [5.74, 6) is 1.38. The smallest absolute Gasteiger partial charge is 0.270 e. The molecule has 1 aromatic heterocycles. The molecule has 0 spiro atoms. The fourth-order valence-electron chi connectivity index (χ4n) is 3.47. The third-order valence-electron chi connectivity index (χ3n) is 5.00. The predicted molar refractivity (Wildman–Crippen MR) is 106 cm³/mol. The summed E-state index contributed by atoms with van der Waals surface area (Å²) in [4.78, 5) is 23.0. The second-order valence-electron chi connectivity index (χ2n) is 6.98. The maximum atomic E-state index is 12.2. The summed E-state index contributed by atoms with van der Waals surface area (Å²) < 4.78 is 4.99. The van der Waals surface area contributed by atoms with E-state index in [1.165, 1.54) is 11.9 Å². The molecule has 1 fully saturated rings. The number of piperidine rings is 1. The number of nitrogens with zero attached hydrogens (tertiary/aromatic N) is 3. The van der Waals surface area contributed by atoms with E-state index in [2.05, 4.69) is 50.5 Å². The molecule has 144 valence electrons. The van der Waals surface area contributed by atoms with Crippen LogP contribution in [0.1, 0.15) is 35.3 Å². The Balaban J connectivity index is 1.51. The maximum Gasteiger partial charge on any atom is 0.270 e. The van der Waals surface area contributed by atoms with Gasteiger partial charge in [0.25, 0.3) is 5.91 Å². The molecule has 6 nitrogen and oxygen atoms in total. The summed E-state index contributed by atoms with van der Waals surface area (Å²) in [5.41, 5.74) is 1.83. The van der Waals surface area contributed by atoms with Crippen molar-refractivity contribution in [3.05, 3.63) is 54.0 Å². The molecule has 6 heteroatoms. The van der Waals surface area contributed by atoms with Gasteiger partial charge in [-0.3, -0.25) is 4.79 Å². The maximum absolute atomic E-state index is 12.2. The van der Waals surface area contributed by atoms with E-state index in [4.69, 9.17) is 4.74 Å². The van der Waals surface area contributed by atoms with Crippen LogP contribution in [0.25, 0.3) is 0 Å². The lowest BCUT2D eigenvalue weighted by Gasteiger charge is -2.33. The highest BCUT2D eigenvalue weighted by Gasteiger charge is 2.21. The van der Waals surface area contributed by atoms with Crippen molar-refractivity contribution >= 4 is 11.7 Å². The molecule has 1 aliphatic rings. The number of ether oxygens (including phenoxy) is 1. The van der Waals surface area contributed by atoms with E-state index >= 15 is 0 Å². The quantitative estimate of drug-likeness (QED) is 0.726. The Labute approximate surface area is 161 Å². The summed E-state index contributed by atoms with van der Waals surface area (Å²) in [6.45, 7) is 3.14. The second kappa shape index (κ2) is 10.0. The number of aromatic nitrogens is 2. The van der Waals surface area contributed by atoms with Crippen LogP contribution >= 0.6 is 0 Å². The monoisotopic (exact) mass is 368 g/mol. The van der Waals surface area contributed by atoms with Gasteiger partial charge in [0, 0.05) is 39.4 Å². The van der Waals surface area contributed by atoms with Crippen LogP contribution < -0.4 is 10.2 Å². The van der Waals surface area contributed by atoms with Gasteiger partial charge < -0.3 is 15.0 Å². The van der Waals surface area contributed by atoms with Crippen LogP contribution in [0.3, 0.4) is 0 Å². The van der Waals surface area contributed by atoms with Gasteiger partial charge in [-0.1, -0.05) is 30.3 Å². The highest BCUT2D eigenvalue weighted by atomic mass is 16.5. The Bertz CT molecular complexity index is 715. The molecule has 27 heavy (non-hydrogen) atoms. The molecule has 3 rings (SSSR count). The molecule has 1 aliphatic heterocycles. The van der Waals surface area contributed by atoms with E-state index in [-0.39, 0.29) is 5.91 Å². The van der Waals surface area contributed by atoms with E-state index in [0.29, 0.717) is 24.8 Å². The largest absolute Gasteiger partial charge is 0.385 e. The number of nitrogens with one attached hydrogen (secondary N) is 1. The van der Waals surface area contributed by atoms with E-state index in [0.717, 1.165) is 44.6 Å². The van der Waals surface area contributed by atoms with Crippen LogP contribution in [-0.2, 0) is 11.2 Å². The topological polar surface area (TPSA) is 67.3 Å². The average molecular weight is 368 g/mol. The lowest BCUT2D eigenvalue weighted by atomic mass is 9.90. The molecule has 1 N–H and O–H groups in total. The molecule has 0 aliphatic carbocycles. The van der Waals surface area contributed by atoms with Gasteiger partial charge in [-0.25, -0.2) is 9.97 Å². The summed E-state index contributed by atoms with van der Waals surface area (Å²) in [7, 11) is 1.65. The third kappa shape index (κ3) is 5.76. The summed E-state index contributed by atoms with van der Waals surface area (Å²) in [5, 5.41) is 2.87. The molecule has 0 saturated carbocycles. The molecule has 2 heterocycles. The first-order valence-corrected chi connectivity index (χ1v) is 9.64. The van der Waals surface area contributed by atoms with Crippen LogP contribution in [0.4, 0.5) is 5.82 Å². The third-order valence-corrected chi connectivity index (χ3v) is 5.00. The van der Waals surface area contributed by atoms with Crippen LogP contribution in [0.5, 0.6) is 0 Å². The van der Waals surface area contributed by atoms with Crippen LogP contribution in [0.2, 0.25) is 0 Å². The molecule has 1 aromatic carbocycles. The van der Waals surface area contributed by atoms with Crippen molar-refractivity contribution in [2.75, 3.05) is 38.3 Å². The molecule has 0 atom stereocenters. The number of hydrogen-bond donors (Lipinski definition) is 1. The SMILES string of the molecule is COCCCNC(=O)c1cc(N2CCC(Cc3ccccc3)CC2)ncn1. The minimum Gasteiger partial charge on any atom is -0.385 e. The number of hydrogen-bond acceptors (Lipinski definition) is 5. The Morgan fingerprint density at radius 2 is 2.00 bits per heavy atom. The molecule has 1 saturated heterocycles. The number of carbonyl (C=O) groups excluding carboxylic acids is 1. The second-order valence-corrected chi connectivity index (χ2v) is 6.98. The average Bonchev–Trinajstić information content (AvgIpc) is 2.72. The van der Waals surface area contributed by atoms with E-state index in [1.807, 2.05) is 0 Å². The van der Waals surface area contributed by atoms with Gasteiger partial charge in [0.1, 0.15) is 17.8 Å². The Kier molecular flexibility index (Phi) is 7.16. The highest BCUT2D eigenvalue weighted by Crippen LogP contribution is 2.24. The molecular formula is C21H28N4O2. The molecule has 1 amide bonds. The van der Waals surface area contributed by atoms with Crippen molar-refractivity contribution in [2.45, 2.75) is 25.7 Å². The van der Waals surface area contributed by atoms with E-state index < -0.39 is 0 Å². The van der Waals surface area contributed by atoms with Crippen molar-refractivity contribution in [3.8, 4) is 0 Å². The van der Waals surface area contributed by atoms with Gasteiger partial charge in [0.05, 0.1) is 0 Å². The minimum atomic E-state index is -0.159. The number of rotatable bonds is 8. The number of benzene rings is 1. The Hall–Kier alpha value is -2.47. The molecule has 0 radical (unpaired) electrons. The molecule has 2 aromatic rings. The summed E-state index contributed by atoms with van der Waals surface area (Å²) in [6, 6.07) is 12.5. The first-order valence-electron chi connectivity index (χ1n) is 9.64. The number of methoxy groups -OCH3 is 1. The van der Waals surface area contributed by atoms with Crippen molar-refractivity contribution in [1.29, 1.82) is 0 Å². The summed E-state index contributed by atoms with van der Waals surface area (Å²) >= 11 is 0. The summed E-state index contributed by atoms with van der Waals surface area (Å²) in [6.07, 6.45) is 5.67. The fraction of sp³-hybridized carbons (Fsp3) is 0.476. The first-order chi connectivity index (χ1) is 13.3. The van der Waals surface area contributed by atoms with Crippen molar-refractivity contribution in [3.63, 3.8) is 0 Å². The zero-order valence-corrected chi connectivity index (χ0v) is 15.9. The zero-order valence-electron chi connectivity index (χ0n) is 15.9. The number of carbonyl (C=O) groups is 1. The van der Waals surface area contributed by atoms with Gasteiger partial charge in [-0.2, -0.15) is 0 Å². The predicted octanol–water partition coefficient (Wildman–Crippen LogP) is 2.70. The molecule has 0 bridgehead atoms. The first kappa shape index (κ1) is 19.3. The number of anilines is 1. The fourth-order valence-corrected chi connectivity index (χ4v) is 3.47. The van der Waals surface area contributed by atoms with Gasteiger partial charge in [-0.15, -0.1) is 0 Å². The molecular weight excluding hydrogens is 340 g/mol. The van der Waals surface area contributed by atoms with Gasteiger partial charge >= 0.3 is 0 Å². The molecule has 0 unspecified atom stereocenters. The Morgan fingerprint density at radius 1 is 1.22 bits per heavy atom. The van der Waals surface area contributed by atoms with Crippen molar-refractivity contribution < 1.29 is 9.53 Å². The van der Waals surface area contributed by atoms with E-state index in [9.17, 15) is 4.79 Å². The van der Waals surface area contributed by atoms with E-state index in [1.54, 1.807) is 13.2 Å². The number of amides is 1. The van der Waals surface area contributed by atoms with Crippen molar-refractivity contribution in [1.82, 2.24) is 15.3 Å². The van der Waals surface area contributed by atoms with Gasteiger partial charge in [0.2, 0.25) is 0 Å². The van der Waals surface area contributed by atoms with Crippen LogP contribution in [0, 0.1) is 5.92 Å². The Morgan fingerprint density at radius 3 is 2.74 bits per heavy atom. The normalized spacial score (nSPS) is 14.9. The van der Waals surface area contributed by atoms with Crippen molar-refractivity contribution in [2.24, 2.45) is 5.92 Å². The standard InChI is InChI=1S/C21H28N4O2/c1-27-13-5-10-22-21(26)19-15-20(24-16-23-19)25-11-8-18(9-12-25)14-17-6-3-2-4-7-17/h2-4,6-7,15-16,18H,5,8-14H2,1H3,(H,22,26). The van der Waals surface area contributed by atoms with Gasteiger partial charge in [-0.05, 0) is 37.2 Å². The van der Waals surface area contributed by atoms with Crippen LogP contribution in [-0.4, -0.2) is 49.2 Å². The lowest BCUT2D eigenvalue weighted by Crippen LogP contribution is -2.35. The van der Waals surface area contributed by atoms with Crippen LogP contribution in [0.15, 0.2) is 42.7 Å². The lowest BCUT2D eigenvalue weighted by molar-refractivity contribution is 0.0943. The highest BCUT2D eigenvalue weighted by molar-refractivity contribution is 5.92. The van der Waals surface area contributed by atoms with Gasteiger partial charge in [0.15, 0.2) is 0 Å².